The van der Waals surface area contributed by atoms with Crippen LogP contribution in [0.25, 0.3) is 21.3 Å². The zero-order chi connectivity index (χ0) is 21.3. The Balaban J connectivity index is 1.20. The number of nitrogens with zero attached hydrogens (tertiary/aromatic N) is 4. The maximum Gasteiger partial charge on any atom is 0.181 e. The number of benzene rings is 1. The minimum Gasteiger partial charge on any atom is -0.390 e. The van der Waals surface area contributed by atoms with Crippen LogP contribution < -0.4 is 11.5 Å². The predicted octanol–water partition coefficient (Wildman–Crippen LogP) is 2.51. The summed E-state index contributed by atoms with van der Waals surface area (Å²) in [4.78, 5) is 12.8. The van der Waals surface area contributed by atoms with Crippen molar-refractivity contribution in [3.63, 3.8) is 0 Å². The van der Waals surface area contributed by atoms with Gasteiger partial charge in [-0.1, -0.05) is 17.4 Å². The lowest BCUT2D eigenvalue weighted by molar-refractivity contribution is -0.0841. The number of anilines is 2. The molecule has 0 aliphatic heterocycles. The highest BCUT2D eigenvalue weighted by atomic mass is 32.1. The third-order valence-electron chi connectivity index (χ3n) is 7.24. The number of hydrogen-bond donors (Lipinski definition) is 4. The Morgan fingerprint density at radius 2 is 1.97 bits per heavy atom. The molecule has 2 fully saturated rings. The van der Waals surface area contributed by atoms with Crippen LogP contribution in [0.1, 0.15) is 30.9 Å². The van der Waals surface area contributed by atoms with Gasteiger partial charge in [-0.2, -0.15) is 0 Å². The molecule has 0 saturated heterocycles. The molecule has 0 radical (unpaired) electrons. The van der Waals surface area contributed by atoms with Crippen molar-refractivity contribution in [2.24, 2.45) is 11.3 Å². The summed E-state index contributed by atoms with van der Waals surface area (Å²) in [6, 6.07) is 7.99. The molecule has 0 bridgehead atoms. The van der Waals surface area contributed by atoms with E-state index in [9.17, 15) is 10.2 Å². The van der Waals surface area contributed by atoms with Gasteiger partial charge in [0.1, 0.15) is 23.9 Å². The van der Waals surface area contributed by atoms with Crippen molar-refractivity contribution in [1.29, 1.82) is 0 Å². The number of aliphatic hydroxyl groups excluding tert-OH is 2. The SMILES string of the molecule is Nc1nc2cc(C[C@H]3C[C@@]4(C[C@@H](n5ccc6c(N)ncnc65)[C@H](O)[C@@H]4O)C3)ccc2s1. The van der Waals surface area contributed by atoms with Crippen LogP contribution >= 0.6 is 11.3 Å². The Labute approximate surface area is 182 Å². The Morgan fingerprint density at radius 1 is 1.13 bits per heavy atom. The van der Waals surface area contributed by atoms with E-state index in [1.54, 1.807) is 0 Å². The quantitative estimate of drug-likeness (QED) is 0.387. The van der Waals surface area contributed by atoms with Crippen LogP contribution in [-0.4, -0.2) is 41.9 Å². The molecule has 3 heterocycles. The first-order chi connectivity index (χ1) is 14.9. The largest absolute Gasteiger partial charge is 0.390 e. The number of hydrogen-bond acceptors (Lipinski definition) is 8. The van der Waals surface area contributed by atoms with Gasteiger partial charge in [0.25, 0.3) is 0 Å². The van der Waals surface area contributed by atoms with E-state index in [-0.39, 0.29) is 11.5 Å². The Hall–Kier alpha value is -2.75. The average Bonchev–Trinajstić information content (AvgIpc) is 3.37. The van der Waals surface area contributed by atoms with Crippen molar-refractivity contribution in [3.8, 4) is 0 Å². The van der Waals surface area contributed by atoms with Crippen LogP contribution in [0.5, 0.6) is 0 Å². The highest BCUT2D eigenvalue weighted by molar-refractivity contribution is 7.22. The van der Waals surface area contributed by atoms with Crippen LogP contribution in [0, 0.1) is 11.3 Å². The van der Waals surface area contributed by atoms with E-state index in [0.29, 0.717) is 22.5 Å². The minimum absolute atomic E-state index is 0.225. The van der Waals surface area contributed by atoms with E-state index in [2.05, 4.69) is 33.2 Å². The first kappa shape index (κ1) is 19.0. The number of aromatic nitrogens is 4. The van der Waals surface area contributed by atoms with Crippen molar-refractivity contribution >= 4 is 43.5 Å². The molecule has 6 N–H and O–H groups in total. The van der Waals surface area contributed by atoms with Crippen molar-refractivity contribution < 1.29 is 10.2 Å². The van der Waals surface area contributed by atoms with E-state index >= 15 is 0 Å². The smallest absolute Gasteiger partial charge is 0.181 e. The number of fused-ring (bicyclic) bond motifs is 2. The van der Waals surface area contributed by atoms with E-state index in [4.69, 9.17) is 11.5 Å². The molecule has 3 atom stereocenters. The highest BCUT2D eigenvalue weighted by Crippen LogP contribution is 2.60. The first-order valence-corrected chi connectivity index (χ1v) is 11.3. The maximum atomic E-state index is 10.9. The lowest BCUT2D eigenvalue weighted by Gasteiger charge is -2.48. The van der Waals surface area contributed by atoms with Crippen LogP contribution in [-0.2, 0) is 6.42 Å². The number of nitrogens with two attached hydrogens (primary N) is 2. The standard InChI is InChI=1S/C22H24N6O2S/c23-19-13-3-4-28(20(13)26-10-25-19)15-9-22(18(30)17(15)29)7-12(8-22)5-11-1-2-16-14(6-11)27-21(24)31-16/h1-4,6,10,12,15,17-18,29-30H,5,7-9H2,(H2,24,27)(H2,23,25,26)/t12-,15-,17+,18+,22-/m1/s1. The predicted molar refractivity (Wildman–Crippen MR) is 121 cm³/mol. The van der Waals surface area contributed by atoms with Crippen LogP contribution in [0.4, 0.5) is 10.9 Å². The van der Waals surface area contributed by atoms with Gasteiger partial charge in [0.15, 0.2) is 5.13 Å². The van der Waals surface area contributed by atoms with Gasteiger partial charge in [-0.15, -0.1) is 0 Å². The molecule has 2 aliphatic carbocycles. The first-order valence-electron chi connectivity index (χ1n) is 10.5. The number of nitrogen functional groups attached to an aromatic ring is 2. The van der Waals surface area contributed by atoms with Gasteiger partial charge in [-0.3, -0.25) is 0 Å². The fourth-order valence-corrected chi connectivity index (χ4v) is 6.56. The molecule has 160 valence electrons. The summed E-state index contributed by atoms with van der Waals surface area (Å²) in [6.07, 6.45) is 5.21. The average molecular weight is 437 g/mol. The molecule has 8 nitrogen and oxygen atoms in total. The zero-order valence-corrected chi connectivity index (χ0v) is 17.7. The van der Waals surface area contributed by atoms with Gasteiger partial charge >= 0.3 is 0 Å². The minimum atomic E-state index is -0.831. The monoisotopic (exact) mass is 436 g/mol. The molecule has 31 heavy (non-hydrogen) atoms. The van der Waals surface area contributed by atoms with E-state index in [1.165, 1.54) is 23.2 Å². The Morgan fingerprint density at radius 3 is 2.81 bits per heavy atom. The van der Waals surface area contributed by atoms with Gasteiger partial charge in [0, 0.05) is 11.6 Å². The molecular formula is C22H24N6O2S. The summed E-state index contributed by atoms with van der Waals surface area (Å²) in [6.45, 7) is 0. The van der Waals surface area contributed by atoms with E-state index in [1.807, 2.05) is 16.8 Å². The summed E-state index contributed by atoms with van der Waals surface area (Å²) in [7, 11) is 0. The zero-order valence-electron chi connectivity index (χ0n) is 16.8. The van der Waals surface area contributed by atoms with Crippen molar-refractivity contribution in [3.05, 3.63) is 42.4 Å². The van der Waals surface area contributed by atoms with Gasteiger partial charge in [0.05, 0.1) is 27.7 Å². The molecule has 2 aliphatic rings. The molecule has 1 spiro atoms. The van der Waals surface area contributed by atoms with Crippen molar-refractivity contribution in [1.82, 2.24) is 19.5 Å². The fraction of sp³-hybridized carbons (Fsp3) is 0.409. The molecular weight excluding hydrogens is 412 g/mol. The van der Waals surface area contributed by atoms with E-state index < -0.39 is 12.2 Å². The van der Waals surface area contributed by atoms with Crippen LogP contribution in [0.15, 0.2) is 36.8 Å². The third-order valence-corrected chi connectivity index (χ3v) is 8.11. The topological polar surface area (TPSA) is 136 Å². The number of aliphatic hydroxyl groups is 2. The molecule has 9 heteroatoms. The van der Waals surface area contributed by atoms with Gasteiger partial charge < -0.3 is 26.2 Å². The normalized spacial score (nSPS) is 30.4. The molecule has 0 amide bonds. The van der Waals surface area contributed by atoms with Gasteiger partial charge in [-0.25, -0.2) is 15.0 Å². The van der Waals surface area contributed by atoms with Crippen molar-refractivity contribution in [2.45, 2.75) is 43.9 Å². The van der Waals surface area contributed by atoms with Gasteiger partial charge in [0.2, 0.25) is 0 Å². The Bertz CT molecular complexity index is 1290. The third kappa shape index (κ3) is 2.84. The number of rotatable bonds is 3. The lowest BCUT2D eigenvalue weighted by atomic mass is 9.58. The summed E-state index contributed by atoms with van der Waals surface area (Å²) in [5, 5.41) is 23.2. The molecule has 1 aromatic carbocycles. The van der Waals surface area contributed by atoms with Crippen LogP contribution in [0.2, 0.25) is 0 Å². The molecule has 0 unspecified atom stereocenters. The molecule has 2 saturated carbocycles. The summed E-state index contributed by atoms with van der Waals surface area (Å²) in [5.74, 6) is 0.905. The lowest BCUT2D eigenvalue weighted by Crippen LogP contribution is -2.46. The summed E-state index contributed by atoms with van der Waals surface area (Å²) >= 11 is 1.50. The fourth-order valence-electron chi connectivity index (χ4n) is 5.85. The van der Waals surface area contributed by atoms with Gasteiger partial charge in [-0.05, 0) is 55.4 Å². The second-order valence-electron chi connectivity index (χ2n) is 9.12. The second kappa shape index (κ2) is 6.62. The van der Waals surface area contributed by atoms with E-state index in [0.717, 1.165) is 41.3 Å². The molecule has 4 aromatic rings. The summed E-state index contributed by atoms with van der Waals surface area (Å²) < 4.78 is 3.05. The second-order valence-corrected chi connectivity index (χ2v) is 10.2. The maximum absolute atomic E-state index is 10.9. The van der Waals surface area contributed by atoms with Crippen molar-refractivity contribution in [2.75, 3.05) is 11.5 Å². The van der Waals surface area contributed by atoms with Crippen LogP contribution in [0.3, 0.4) is 0 Å². The number of thiazole rings is 1. The summed E-state index contributed by atoms with van der Waals surface area (Å²) in [5.41, 5.74) is 14.4. The molecule has 6 rings (SSSR count). The highest BCUT2D eigenvalue weighted by Gasteiger charge is 2.59. The Kier molecular flexibility index (Phi) is 4.05. The molecule has 3 aromatic heterocycles.